The number of carbonyl (C=O) groups is 2. The molecule has 1 unspecified atom stereocenters. The molecular weight excluding hydrogens is 366 g/mol. The van der Waals surface area contributed by atoms with Crippen LogP contribution in [-0.2, 0) is 34.7 Å². The minimum atomic E-state index is -3.78. The smallest absolute Gasteiger partial charge is 0.308 e. The third kappa shape index (κ3) is 3.74. The Morgan fingerprint density at radius 3 is 2.31 bits per heavy atom. The van der Waals surface area contributed by atoms with E-state index in [2.05, 4.69) is 4.72 Å². The molecule has 1 aromatic rings. The second kappa shape index (κ2) is 6.87. The van der Waals surface area contributed by atoms with E-state index in [4.69, 9.17) is 18.9 Å². The van der Waals surface area contributed by atoms with Crippen molar-refractivity contribution in [2.75, 3.05) is 20.5 Å². The lowest BCUT2D eigenvalue weighted by molar-refractivity contribution is -0.142. The lowest BCUT2D eigenvalue weighted by atomic mass is 9.91. The van der Waals surface area contributed by atoms with Crippen molar-refractivity contribution in [3.8, 4) is 11.5 Å². The fourth-order valence-electron chi connectivity index (χ4n) is 2.41. The first-order valence-electron chi connectivity index (χ1n) is 7.38. The number of esters is 1. The minimum absolute atomic E-state index is 0.348. The molecule has 1 heterocycles. The van der Waals surface area contributed by atoms with Crippen molar-refractivity contribution in [3.63, 3.8) is 0 Å². The second-order valence-corrected chi connectivity index (χ2v) is 7.41. The first-order chi connectivity index (χ1) is 12.0. The fourth-order valence-corrected chi connectivity index (χ4v) is 2.88. The molecule has 0 saturated carbocycles. The van der Waals surface area contributed by atoms with Gasteiger partial charge in [0.25, 0.3) is 5.78 Å². The molecule has 1 aliphatic heterocycles. The number of rotatable bonds is 6. The Labute approximate surface area is 150 Å². The molecule has 0 aliphatic carbocycles. The number of Topliss-reactive ketones (excluding diaryl/α,β-unsaturated/α-hetero) is 1. The van der Waals surface area contributed by atoms with Crippen LogP contribution in [0.1, 0.15) is 19.4 Å². The third-order valence-corrected chi connectivity index (χ3v) is 4.17. The molecule has 1 atom stereocenters. The summed E-state index contributed by atoms with van der Waals surface area (Å²) in [5.41, 5.74) is -1.27. The fraction of sp³-hybridized carbons (Fsp3) is 0.375. The van der Waals surface area contributed by atoms with Crippen molar-refractivity contribution in [1.82, 2.24) is 4.72 Å². The van der Waals surface area contributed by atoms with Crippen molar-refractivity contribution in [1.29, 1.82) is 0 Å². The van der Waals surface area contributed by atoms with E-state index in [-0.39, 0.29) is 0 Å². The van der Waals surface area contributed by atoms with E-state index in [0.29, 0.717) is 17.1 Å². The van der Waals surface area contributed by atoms with Crippen LogP contribution in [0, 0.1) is 0 Å². The highest BCUT2D eigenvalue weighted by Crippen LogP contribution is 2.41. The summed E-state index contributed by atoms with van der Waals surface area (Å²) in [6.07, 6.45) is 0.880. The van der Waals surface area contributed by atoms with Crippen LogP contribution in [-0.4, -0.2) is 40.6 Å². The van der Waals surface area contributed by atoms with E-state index in [1.54, 1.807) is 12.1 Å². The van der Waals surface area contributed by atoms with Crippen molar-refractivity contribution in [2.45, 2.75) is 19.4 Å². The maximum Gasteiger partial charge on any atom is 0.308 e. The van der Waals surface area contributed by atoms with Crippen LogP contribution in [0.4, 0.5) is 0 Å². The predicted octanol–water partition coefficient (Wildman–Crippen LogP) is 0.800. The zero-order valence-corrected chi connectivity index (χ0v) is 15.7. The molecule has 0 radical (unpaired) electrons. The third-order valence-electron chi connectivity index (χ3n) is 3.61. The lowest BCUT2D eigenvalue weighted by Gasteiger charge is -2.24. The van der Waals surface area contributed by atoms with Crippen molar-refractivity contribution in [2.24, 2.45) is 0 Å². The van der Waals surface area contributed by atoms with E-state index < -0.39 is 39.0 Å². The molecule has 0 bridgehead atoms. The number of nitrogens with one attached hydrogen (secondary N) is 1. The van der Waals surface area contributed by atoms with E-state index in [0.717, 1.165) is 13.2 Å². The molecule has 1 aliphatic rings. The summed E-state index contributed by atoms with van der Waals surface area (Å²) in [6, 6.07) is 4.66. The van der Waals surface area contributed by atoms with Gasteiger partial charge in [0.2, 0.25) is 21.7 Å². The largest absolute Gasteiger partial charge is 0.493 e. The molecule has 0 saturated heterocycles. The van der Waals surface area contributed by atoms with E-state index >= 15 is 0 Å². The highest BCUT2D eigenvalue weighted by atomic mass is 32.2. The topological polar surface area (TPSA) is 117 Å². The first kappa shape index (κ1) is 19.6. The van der Waals surface area contributed by atoms with Gasteiger partial charge in [0.05, 0.1) is 20.5 Å². The Balaban J connectivity index is 2.51. The predicted molar refractivity (Wildman–Crippen MR) is 89.8 cm³/mol. The van der Waals surface area contributed by atoms with Gasteiger partial charge < -0.3 is 18.9 Å². The Kier molecular flexibility index (Phi) is 5.17. The van der Waals surface area contributed by atoms with Crippen LogP contribution in [0.2, 0.25) is 0 Å². The van der Waals surface area contributed by atoms with Gasteiger partial charge in [0, 0.05) is 12.5 Å². The molecule has 2 rings (SSSR count). The highest BCUT2D eigenvalue weighted by Gasteiger charge is 2.50. The molecule has 0 spiro atoms. The number of sulfonamides is 1. The summed E-state index contributed by atoms with van der Waals surface area (Å²) in [5, 5.41) is 0. The van der Waals surface area contributed by atoms with Gasteiger partial charge in [0.15, 0.2) is 17.1 Å². The molecule has 9 nitrogen and oxygen atoms in total. The van der Waals surface area contributed by atoms with Gasteiger partial charge in [-0.2, -0.15) is 0 Å². The van der Waals surface area contributed by atoms with Crippen molar-refractivity contribution < 1.29 is 37.0 Å². The molecule has 1 N–H and O–H groups in total. The van der Waals surface area contributed by atoms with Gasteiger partial charge in [-0.05, 0) is 19.1 Å². The van der Waals surface area contributed by atoms with Gasteiger partial charge in [0.1, 0.15) is 0 Å². The maximum absolute atomic E-state index is 12.8. The SMILES string of the molecule is COc1ccc(C2(C)OC(NS(C)(=O)=O)=C(OC(C)=O)C2=O)cc1OC. The van der Waals surface area contributed by atoms with Gasteiger partial charge in [-0.25, -0.2) is 8.42 Å². The van der Waals surface area contributed by atoms with Crippen molar-refractivity contribution in [3.05, 3.63) is 35.4 Å². The van der Waals surface area contributed by atoms with E-state index in [9.17, 15) is 18.0 Å². The highest BCUT2D eigenvalue weighted by molar-refractivity contribution is 7.88. The Hall–Kier alpha value is -2.75. The molecule has 10 heteroatoms. The minimum Gasteiger partial charge on any atom is -0.493 e. The summed E-state index contributed by atoms with van der Waals surface area (Å²) in [6.45, 7) is 2.52. The number of ether oxygens (including phenoxy) is 4. The number of carbonyl (C=O) groups excluding carboxylic acids is 2. The molecule has 26 heavy (non-hydrogen) atoms. The zero-order valence-electron chi connectivity index (χ0n) is 14.9. The number of methoxy groups -OCH3 is 2. The summed E-state index contributed by atoms with van der Waals surface area (Å²) >= 11 is 0. The van der Waals surface area contributed by atoms with Gasteiger partial charge in [-0.1, -0.05) is 6.07 Å². The van der Waals surface area contributed by atoms with E-state index in [1.165, 1.54) is 27.2 Å². The van der Waals surface area contributed by atoms with Crippen LogP contribution in [0.25, 0.3) is 0 Å². The van der Waals surface area contributed by atoms with Crippen LogP contribution in [0.3, 0.4) is 0 Å². The Bertz CT molecular complexity index is 890. The van der Waals surface area contributed by atoms with Gasteiger partial charge >= 0.3 is 5.97 Å². The van der Waals surface area contributed by atoms with Crippen molar-refractivity contribution >= 4 is 21.8 Å². The number of benzene rings is 1. The quantitative estimate of drug-likeness (QED) is 0.715. The summed E-state index contributed by atoms with van der Waals surface area (Å²) < 4.78 is 46.0. The summed E-state index contributed by atoms with van der Waals surface area (Å²) in [7, 11) is -0.882. The number of hydrogen-bond acceptors (Lipinski definition) is 8. The standard InChI is InChI=1S/C16H19NO8S/c1-9(18)24-13-14(19)16(2,25-15(13)17-26(5,20)21)10-6-7-11(22-3)12(8-10)23-4/h6-8,17H,1-5H3. The molecule has 0 amide bonds. The average molecular weight is 385 g/mol. The summed E-state index contributed by atoms with van der Waals surface area (Å²) in [5.74, 6) is -1.69. The second-order valence-electron chi connectivity index (χ2n) is 5.66. The Morgan fingerprint density at radius 1 is 1.19 bits per heavy atom. The zero-order chi connectivity index (χ0) is 19.7. The molecular formula is C16H19NO8S. The first-order valence-corrected chi connectivity index (χ1v) is 9.27. The molecule has 1 aromatic carbocycles. The van der Waals surface area contributed by atoms with Crippen LogP contribution >= 0.6 is 0 Å². The maximum atomic E-state index is 12.8. The van der Waals surface area contributed by atoms with Gasteiger partial charge in [-0.3, -0.25) is 14.3 Å². The van der Waals surface area contributed by atoms with E-state index in [1.807, 2.05) is 0 Å². The van der Waals surface area contributed by atoms with Crippen LogP contribution in [0.15, 0.2) is 29.8 Å². The number of hydrogen-bond donors (Lipinski definition) is 1. The molecule has 0 aromatic heterocycles. The Morgan fingerprint density at radius 2 is 1.81 bits per heavy atom. The normalized spacial score (nSPS) is 19.8. The number of ketones is 1. The van der Waals surface area contributed by atoms with Crippen LogP contribution < -0.4 is 14.2 Å². The van der Waals surface area contributed by atoms with Gasteiger partial charge in [-0.15, -0.1) is 0 Å². The molecule has 142 valence electrons. The van der Waals surface area contributed by atoms with Crippen LogP contribution in [0.5, 0.6) is 11.5 Å². The molecule has 0 fully saturated rings. The lowest BCUT2D eigenvalue weighted by Crippen LogP contribution is -2.32. The monoisotopic (exact) mass is 385 g/mol. The average Bonchev–Trinajstić information content (AvgIpc) is 2.77. The summed E-state index contributed by atoms with van der Waals surface area (Å²) in [4.78, 5) is 24.2.